The number of hydrogen-bond acceptors (Lipinski definition) is 4. The fourth-order valence-electron chi connectivity index (χ4n) is 1.76. The number of nitrogens with zero attached hydrogens (tertiary/aromatic N) is 2. The zero-order valence-electron chi connectivity index (χ0n) is 12.0. The minimum absolute atomic E-state index is 0.175. The van der Waals surface area contributed by atoms with Crippen molar-refractivity contribution >= 4 is 17.5 Å². The summed E-state index contributed by atoms with van der Waals surface area (Å²) in [6.07, 6.45) is 4.97. The van der Waals surface area contributed by atoms with E-state index in [0.29, 0.717) is 0 Å². The van der Waals surface area contributed by atoms with Gasteiger partial charge in [0.15, 0.2) is 0 Å². The van der Waals surface area contributed by atoms with E-state index >= 15 is 0 Å². The number of likely N-dealkylation sites (N-methyl/N-ethyl adjacent to an activating group) is 1. The molecule has 110 valence electrons. The third-order valence-electron chi connectivity index (χ3n) is 3.00. The summed E-state index contributed by atoms with van der Waals surface area (Å²) in [7, 11) is 1.62. The Morgan fingerprint density at radius 1 is 1.24 bits per heavy atom. The van der Waals surface area contributed by atoms with E-state index in [-0.39, 0.29) is 11.6 Å². The lowest BCUT2D eigenvalue weighted by Gasteiger charge is -2.16. The van der Waals surface area contributed by atoms with Crippen LogP contribution in [0, 0.1) is 0 Å². The number of benzene rings is 1. The van der Waals surface area contributed by atoms with Crippen LogP contribution < -0.4 is 16.0 Å². The van der Waals surface area contributed by atoms with E-state index in [1.807, 2.05) is 30.3 Å². The summed E-state index contributed by atoms with van der Waals surface area (Å²) in [6, 6.07) is 8.82. The maximum atomic E-state index is 12.2. The van der Waals surface area contributed by atoms with Gasteiger partial charge in [0, 0.05) is 31.3 Å². The molecule has 6 heteroatoms. The Morgan fingerprint density at radius 2 is 1.90 bits per heavy atom. The summed E-state index contributed by atoms with van der Waals surface area (Å²) in [5, 5.41) is 2.56. The van der Waals surface area contributed by atoms with Crippen LogP contribution >= 0.6 is 0 Å². The SMILES string of the molecule is C[C@H](N)C(=O)NC1=CN(c2ccccc2)C=CN(C)C1=O. The Morgan fingerprint density at radius 3 is 2.52 bits per heavy atom. The third kappa shape index (κ3) is 3.49. The molecule has 1 atom stereocenters. The zero-order valence-corrected chi connectivity index (χ0v) is 12.0. The molecule has 1 aliphatic rings. The first-order valence-electron chi connectivity index (χ1n) is 6.56. The number of hydrogen-bond donors (Lipinski definition) is 2. The van der Waals surface area contributed by atoms with Crippen molar-refractivity contribution in [1.29, 1.82) is 0 Å². The molecule has 1 aliphatic heterocycles. The zero-order chi connectivity index (χ0) is 15.4. The maximum Gasteiger partial charge on any atom is 0.275 e. The van der Waals surface area contributed by atoms with Gasteiger partial charge in [0.1, 0.15) is 5.70 Å². The quantitative estimate of drug-likeness (QED) is 0.859. The Balaban J connectivity index is 2.33. The van der Waals surface area contributed by atoms with Crippen molar-refractivity contribution in [3.05, 3.63) is 54.6 Å². The third-order valence-corrected chi connectivity index (χ3v) is 3.00. The van der Waals surface area contributed by atoms with Gasteiger partial charge in [-0.1, -0.05) is 18.2 Å². The summed E-state index contributed by atoms with van der Waals surface area (Å²) >= 11 is 0. The highest BCUT2D eigenvalue weighted by molar-refractivity contribution is 5.99. The van der Waals surface area contributed by atoms with Gasteiger partial charge in [-0.3, -0.25) is 9.59 Å². The lowest BCUT2D eigenvalue weighted by Crippen LogP contribution is -2.41. The van der Waals surface area contributed by atoms with Gasteiger partial charge < -0.3 is 20.9 Å². The fourth-order valence-corrected chi connectivity index (χ4v) is 1.76. The number of anilines is 1. The first-order chi connectivity index (χ1) is 9.99. The standard InChI is InChI=1S/C15H18N4O2/c1-11(16)14(20)17-13-10-19(9-8-18(2)15(13)21)12-6-4-3-5-7-12/h3-11H,16H2,1-2H3,(H,17,20)/t11-/m0/s1. The molecule has 0 saturated carbocycles. The Bertz CT molecular complexity index is 593. The van der Waals surface area contributed by atoms with E-state index in [1.165, 1.54) is 4.90 Å². The van der Waals surface area contributed by atoms with E-state index in [2.05, 4.69) is 5.32 Å². The largest absolute Gasteiger partial charge is 0.320 e. The van der Waals surface area contributed by atoms with Crippen molar-refractivity contribution in [2.45, 2.75) is 13.0 Å². The van der Waals surface area contributed by atoms with E-state index < -0.39 is 11.9 Å². The number of amides is 2. The van der Waals surface area contributed by atoms with Crippen molar-refractivity contribution in [3.63, 3.8) is 0 Å². The molecule has 21 heavy (non-hydrogen) atoms. The van der Waals surface area contributed by atoms with Gasteiger partial charge >= 0.3 is 0 Å². The van der Waals surface area contributed by atoms with Crippen molar-refractivity contribution in [3.8, 4) is 0 Å². The van der Waals surface area contributed by atoms with Gasteiger partial charge in [-0.15, -0.1) is 0 Å². The van der Waals surface area contributed by atoms with Crippen molar-refractivity contribution in [2.75, 3.05) is 11.9 Å². The van der Waals surface area contributed by atoms with Crippen LogP contribution in [0.4, 0.5) is 5.69 Å². The average Bonchev–Trinajstić information content (AvgIpc) is 2.62. The highest BCUT2D eigenvalue weighted by atomic mass is 16.2. The minimum atomic E-state index is -0.689. The first-order valence-corrected chi connectivity index (χ1v) is 6.56. The van der Waals surface area contributed by atoms with Crippen LogP contribution in [0.25, 0.3) is 0 Å². The van der Waals surface area contributed by atoms with E-state index in [1.54, 1.807) is 37.5 Å². The van der Waals surface area contributed by atoms with Gasteiger partial charge in [-0.2, -0.15) is 0 Å². The van der Waals surface area contributed by atoms with Crippen LogP contribution in [0.5, 0.6) is 0 Å². The molecule has 1 heterocycles. The molecular weight excluding hydrogens is 268 g/mol. The second-order valence-electron chi connectivity index (χ2n) is 4.78. The van der Waals surface area contributed by atoms with Gasteiger partial charge in [-0.25, -0.2) is 0 Å². The molecule has 3 N–H and O–H groups in total. The van der Waals surface area contributed by atoms with E-state index in [9.17, 15) is 9.59 Å². The fraction of sp³-hybridized carbons (Fsp3) is 0.200. The first kappa shape index (κ1) is 14.8. The number of para-hydroxylation sites is 1. The maximum absolute atomic E-state index is 12.2. The van der Waals surface area contributed by atoms with Crippen LogP contribution in [0.2, 0.25) is 0 Å². The summed E-state index contributed by atoms with van der Waals surface area (Å²) in [6.45, 7) is 1.56. The van der Waals surface area contributed by atoms with Gasteiger partial charge in [-0.05, 0) is 19.1 Å². The van der Waals surface area contributed by atoms with Crippen LogP contribution in [0.3, 0.4) is 0 Å². The monoisotopic (exact) mass is 286 g/mol. The Hall–Kier alpha value is -2.60. The summed E-state index contributed by atoms with van der Waals surface area (Å²) in [5.74, 6) is -0.711. The van der Waals surface area contributed by atoms with Crippen molar-refractivity contribution in [1.82, 2.24) is 10.2 Å². The number of nitrogens with two attached hydrogens (primary N) is 1. The molecule has 0 fully saturated rings. The highest BCUT2D eigenvalue weighted by Crippen LogP contribution is 2.18. The predicted octanol–water partition coefficient (Wildman–Crippen LogP) is 0.741. The molecule has 2 amide bonds. The summed E-state index contributed by atoms with van der Waals surface area (Å²) in [5.41, 5.74) is 6.58. The molecule has 1 aromatic rings. The van der Waals surface area contributed by atoms with Crippen LogP contribution in [-0.2, 0) is 9.59 Å². The summed E-state index contributed by atoms with van der Waals surface area (Å²) < 4.78 is 0. The lowest BCUT2D eigenvalue weighted by atomic mass is 10.3. The number of carbonyl (C=O) groups excluding carboxylic acids is 2. The Labute approximate surface area is 123 Å². The normalized spacial score (nSPS) is 16.3. The molecular formula is C15H18N4O2. The minimum Gasteiger partial charge on any atom is -0.320 e. The van der Waals surface area contributed by atoms with Crippen LogP contribution in [-0.4, -0.2) is 29.8 Å². The van der Waals surface area contributed by atoms with E-state index in [4.69, 9.17) is 5.73 Å². The van der Waals surface area contributed by atoms with Gasteiger partial charge in [0.25, 0.3) is 5.91 Å². The lowest BCUT2D eigenvalue weighted by molar-refractivity contribution is -0.127. The molecule has 0 unspecified atom stereocenters. The van der Waals surface area contributed by atoms with Crippen LogP contribution in [0.15, 0.2) is 54.6 Å². The van der Waals surface area contributed by atoms with Gasteiger partial charge in [0.05, 0.1) is 6.04 Å². The average molecular weight is 286 g/mol. The topological polar surface area (TPSA) is 78.7 Å². The Kier molecular flexibility index (Phi) is 4.39. The highest BCUT2D eigenvalue weighted by Gasteiger charge is 2.21. The predicted molar refractivity (Wildman–Crippen MR) is 80.7 cm³/mol. The van der Waals surface area contributed by atoms with Gasteiger partial charge in [0.2, 0.25) is 5.91 Å². The number of nitrogens with one attached hydrogen (secondary N) is 1. The van der Waals surface area contributed by atoms with E-state index in [0.717, 1.165) is 5.69 Å². The molecule has 6 nitrogen and oxygen atoms in total. The molecule has 0 saturated heterocycles. The van der Waals surface area contributed by atoms with Crippen LogP contribution in [0.1, 0.15) is 6.92 Å². The summed E-state index contributed by atoms with van der Waals surface area (Å²) in [4.78, 5) is 27.1. The molecule has 0 aromatic heterocycles. The molecule has 0 aliphatic carbocycles. The molecule has 1 aromatic carbocycles. The molecule has 0 spiro atoms. The number of carbonyl (C=O) groups is 2. The van der Waals surface area contributed by atoms with Crippen molar-refractivity contribution < 1.29 is 9.59 Å². The second-order valence-corrected chi connectivity index (χ2v) is 4.78. The smallest absolute Gasteiger partial charge is 0.275 e. The molecule has 2 rings (SSSR count). The second kappa shape index (κ2) is 6.23. The number of rotatable bonds is 3. The molecule has 0 radical (unpaired) electrons. The molecule has 0 bridgehead atoms. The van der Waals surface area contributed by atoms with Crippen molar-refractivity contribution in [2.24, 2.45) is 5.73 Å².